The van der Waals surface area contributed by atoms with Gasteiger partial charge in [-0.3, -0.25) is 14.1 Å². The molecule has 6 atom stereocenters. The first-order valence-electron chi connectivity index (χ1n) is 8.58. The second-order valence-electron chi connectivity index (χ2n) is 5.37. The summed E-state index contributed by atoms with van der Waals surface area (Å²) in [6.45, 7) is -4.45. The van der Waals surface area contributed by atoms with Crippen LogP contribution in [-0.4, -0.2) is 64.0 Å². The Morgan fingerprint density at radius 3 is 2.45 bits per heavy atom. The first-order chi connectivity index (χ1) is 15.0. The summed E-state index contributed by atoms with van der Waals surface area (Å²) in [5, 5.41) is 19.7. The van der Waals surface area contributed by atoms with Gasteiger partial charge >= 0.3 is 29.2 Å². The Bertz CT molecular complexity index is 1240. The van der Waals surface area contributed by atoms with E-state index in [0.29, 0.717) is 6.20 Å². The number of rotatable bonds is 8. The molecule has 16 nitrogen and oxygen atoms in total. The van der Waals surface area contributed by atoms with Crippen LogP contribution in [0, 0.1) is 4.64 Å². The molecule has 0 radical (unpaired) electrons. The minimum atomic E-state index is -6.34. The summed E-state index contributed by atoms with van der Waals surface area (Å²) < 4.78 is 87.0. The van der Waals surface area contributed by atoms with E-state index in [1.54, 1.807) is 0 Å². The molecule has 0 bridgehead atoms. The molecule has 2 rings (SSSR count). The van der Waals surface area contributed by atoms with Gasteiger partial charge in [-0.2, -0.15) is 8.62 Å². The highest BCUT2D eigenvalue weighted by atomic mass is 35.5. The Morgan fingerprint density at radius 1 is 1.32 bits per heavy atom. The third-order valence-corrected chi connectivity index (χ3v) is 7.41. The Labute approximate surface area is 184 Å². The van der Waals surface area contributed by atoms with Crippen LogP contribution in [0.25, 0.3) is 0 Å². The quantitative estimate of drug-likeness (QED) is 0.162. The van der Waals surface area contributed by atoms with Crippen LogP contribution in [0.15, 0.2) is 11.0 Å². The number of aromatic nitrogens is 2. The first kappa shape index (κ1) is 22.4. The molecule has 0 saturated carbocycles. The average Bonchev–Trinajstić information content (AvgIpc) is 2.76. The van der Waals surface area contributed by atoms with Gasteiger partial charge in [-0.25, -0.2) is 22.9 Å². The second kappa shape index (κ2) is 9.10. The number of aromatic amines is 1. The van der Waals surface area contributed by atoms with E-state index in [2.05, 4.69) is 30.1 Å². The smallest absolute Gasteiger partial charge is 0.385 e. The van der Waals surface area contributed by atoms with E-state index in [4.69, 9.17) is 30.4 Å². The van der Waals surface area contributed by atoms with Crippen molar-refractivity contribution in [3.05, 3.63) is 26.3 Å². The summed E-state index contributed by atoms with van der Waals surface area (Å²) in [6.07, 6.45) is -8.84. The predicted octanol–water partition coefficient (Wildman–Crippen LogP) is -0.181. The molecular weight excluding hydrogens is 540 g/mol. The van der Waals surface area contributed by atoms with Crippen molar-refractivity contribution >= 4 is 47.3 Å². The van der Waals surface area contributed by atoms with E-state index in [-0.39, 0.29) is 9.21 Å². The van der Waals surface area contributed by atoms with Crippen LogP contribution in [0.5, 0.6) is 0 Å². The van der Waals surface area contributed by atoms with Crippen molar-refractivity contribution in [2.75, 3.05) is 6.56 Å². The SMILES string of the molecule is [2H]C([2H])(OP(=O)(O)OP(=O)(O)OP(=O)(O)O)[C@@]1(F)O[C@@]([2H])(n2cc(Cl)c(=S)[nH]c2=O)[C@H](O)[C@@H]1O. The molecule has 31 heavy (non-hydrogen) atoms. The molecule has 0 aliphatic carbocycles. The number of H-pyrrole nitrogens is 1. The fourth-order valence-electron chi connectivity index (χ4n) is 1.91. The number of nitrogens with one attached hydrogen (secondary N) is 1. The van der Waals surface area contributed by atoms with Crippen LogP contribution in [0.1, 0.15) is 10.3 Å². The highest BCUT2D eigenvalue weighted by Crippen LogP contribution is 2.66. The van der Waals surface area contributed by atoms with E-state index in [9.17, 15) is 33.6 Å². The van der Waals surface area contributed by atoms with Gasteiger partial charge in [0.15, 0.2) is 6.20 Å². The van der Waals surface area contributed by atoms with E-state index >= 15 is 4.39 Å². The van der Waals surface area contributed by atoms with Crippen LogP contribution in [0.2, 0.25) is 5.02 Å². The Hall–Kier alpha value is -0.390. The summed E-state index contributed by atoms with van der Waals surface area (Å²) in [6, 6.07) is 0. The van der Waals surface area contributed by atoms with Gasteiger partial charge in [0.25, 0.3) is 5.85 Å². The molecule has 7 N–H and O–H groups in total. The molecule has 1 aliphatic rings. The van der Waals surface area contributed by atoms with Gasteiger partial charge in [0, 0.05) is 6.20 Å². The van der Waals surface area contributed by atoms with Crippen molar-refractivity contribution < 1.29 is 69.9 Å². The molecule has 1 fully saturated rings. The minimum absolute atomic E-state index is 0.0429. The summed E-state index contributed by atoms with van der Waals surface area (Å²) in [7, 11) is -18.3. The highest BCUT2D eigenvalue weighted by Gasteiger charge is 2.57. The van der Waals surface area contributed by atoms with Gasteiger partial charge in [0.05, 0.1) is 9.13 Å². The molecule has 22 heteroatoms. The zero-order valence-electron chi connectivity index (χ0n) is 17.1. The third-order valence-electron chi connectivity index (χ3n) is 3.04. The molecule has 1 aromatic rings. The van der Waals surface area contributed by atoms with E-state index in [1.807, 2.05) is 4.98 Å². The Morgan fingerprint density at radius 2 is 1.90 bits per heavy atom. The molecular formula is C9H13ClFN2O14P3S. The van der Waals surface area contributed by atoms with Crippen molar-refractivity contribution in [2.45, 2.75) is 24.3 Å². The second-order valence-corrected chi connectivity index (χ2v) is 10.5. The fraction of sp³-hybridized carbons (Fsp3) is 0.556. The van der Waals surface area contributed by atoms with Gasteiger partial charge in [0.1, 0.15) is 23.4 Å². The zero-order chi connectivity index (χ0) is 26.7. The number of halogens is 2. The van der Waals surface area contributed by atoms with Crippen molar-refractivity contribution in [2.24, 2.45) is 0 Å². The number of phosphoric ester groups is 1. The lowest BCUT2D eigenvalue weighted by molar-refractivity contribution is -0.204. The summed E-state index contributed by atoms with van der Waals surface area (Å²) in [5.74, 6) is -4.49. The van der Waals surface area contributed by atoms with Gasteiger partial charge in [-0.15, -0.1) is 0 Å². The number of hydrogen-bond acceptors (Lipinski definition) is 11. The summed E-state index contributed by atoms with van der Waals surface area (Å²) >= 11 is 10.4. The summed E-state index contributed by atoms with van der Waals surface area (Å²) in [4.78, 5) is 49.5. The zero-order valence-corrected chi connectivity index (χ0v) is 18.4. The van der Waals surface area contributed by atoms with Crippen molar-refractivity contribution in [3.63, 3.8) is 0 Å². The van der Waals surface area contributed by atoms with E-state index < -0.39 is 65.0 Å². The maximum Gasteiger partial charge on any atom is 0.490 e. The molecule has 2 unspecified atom stereocenters. The lowest BCUT2D eigenvalue weighted by Gasteiger charge is -2.24. The minimum Gasteiger partial charge on any atom is -0.385 e. The van der Waals surface area contributed by atoms with Crippen LogP contribution in [0.3, 0.4) is 0 Å². The molecule has 1 saturated heterocycles. The topological polar surface area (TPSA) is 247 Å². The lowest BCUT2D eigenvalue weighted by atomic mass is 10.1. The van der Waals surface area contributed by atoms with Crippen LogP contribution in [0.4, 0.5) is 4.39 Å². The monoisotopic (exact) mass is 555 g/mol. The number of ether oxygens (including phenoxy) is 1. The largest absolute Gasteiger partial charge is 0.490 e. The third kappa shape index (κ3) is 6.80. The molecule has 1 aromatic heterocycles. The Balaban J connectivity index is 2.44. The van der Waals surface area contributed by atoms with Crippen LogP contribution in [-0.2, 0) is 31.6 Å². The standard InChI is InChI=1S/C9H13ClFN2O14P3S/c10-3-1-13(8(16)12-6(3)31)7-4(14)5(15)9(11,25-7)2-24-29(20,21)27-30(22,23)26-28(17,18)19/h1,4-5,7,14-15H,2H2,(H,20,21)(H,22,23)(H,12,16,31)(H2,17,18,19)/t4-,5+,7-,9-/m1/s1/i2D2,7D. The van der Waals surface area contributed by atoms with Gasteiger partial charge in [0.2, 0.25) is 0 Å². The molecule has 0 aromatic carbocycles. The predicted molar refractivity (Wildman–Crippen MR) is 96.7 cm³/mol. The molecule has 178 valence electrons. The number of aliphatic hydroxyl groups is 2. The van der Waals surface area contributed by atoms with E-state index in [0.717, 1.165) is 0 Å². The lowest BCUT2D eigenvalue weighted by Crippen LogP contribution is -2.43. The van der Waals surface area contributed by atoms with Gasteiger partial charge < -0.3 is 34.5 Å². The van der Waals surface area contributed by atoms with E-state index in [1.165, 1.54) is 0 Å². The maximum atomic E-state index is 15.5. The van der Waals surface area contributed by atoms with Gasteiger partial charge in [-0.1, -0.05) is 23.8 Å². The molecule has 2 heterocycles. The summed E-state index contributed by atoms with van der Waals surface area (Å²) in [5.41, 5.74) is -1.37. The number of alkyl halides is 1. The number of nitrogens with zero attached hydrogens (tertiary/aromatic N) is 1. The van der Waals surface area contributed by atoms with Crippen LogP contribution >= 0.6 is 47.3 Å². The number of hydrogen-bond donors (Lipinski definition) is 7. The maximum absolute atomic E-state index is 15.5. The average molecular weight is 556 g/mol. The normalized spacial score (nSPS) is 34.9. The number of aliphatic hydroxyl groups excluding tert-OH is 2. The fourth-order valence-corrected chi connectivity index (χ4v) is 5.08. The van der Waals surface area contributed by atoms with Crippen molar-refractivity contribution in [3.8, 4) is 0 Å². The first-order valence-corrected chi connectivity index (χ1v) is 12.4. The molecule has 1 aliphatic heterocycles. The van der Waals surface area contributed by atoms with Gasteiger partial charge in [-0.05, 0) is 0 Å². The van der Waals surface area contributed by atoms with Crippen molar-refractivity contribution in [1.82, 2.24) is 9.55 Å². The van der Waals surface area contributed by atoms with Crippen molar-refractivity contribution in [1.29, 1.82) is 0 Å². The number of phosphoric acid groups is 3. The van der Waals surface area contributed by atoms with Crippen LogP contribution < -0.4 is 5.69 Å². The molecule has 0 amide bonds. The molecule has 0 spiro atoms. The highest BCUT2D eigenvalue weighted by molar-refractivity contribution is 7.71. The Kier molecular flexibility index (Phi) is 6.58.